The van der Waals surface area contributed by atoms with Crippen LogP contribution in [0.5, 0.6) is 17.4 Å². The van der Waals surface area contributed by atoms with E-state index in [9.17, 15) is 5.11 Å². The number of nitrogens with zero attached hydrogens (tertiary/aromatic N) is 1. The van der Waals surface area contributed by atoms with Crippen LogP contribution >= 0.6 is 15.9 Å². The highest BCUT2D eigenvalue weighted by molar-refractivity contribution is 9.10. The number of aromatic nitrogens is 1. The quantitative estimate of drug-likeness (QED) is 0.571. The molecule has 1 aromatic carbocycles. The summed E-state index contributed by atoms with van der Waals surface area (Å²) in [6, 6.07) is 6.37. The van der Waals surface area contributed by atoms with E-state index in [0.717, 1.165) is 15.6 Å². The number of phenolic OH excluding ortho intramolecular Hbond substituents is 1. The van der Waals surface area contributed by atoms with Gasteiger partial charge < -0.3 is 20.3 Å². The maximum atomic E-state index is 9.70. The van der Waals surface area contributed by atoms with Gasteiger partial charge in [-0.3, -0.25) is 5.41 Å². The number of nitrogens with two attached hydrogens (primary N) is 1. The average molecular weight is 350 g/mol. The van der Waals surface area contributed by atoms with Crippen LogP contribution in [0.15, 0.2) is 34.9 Å². The van der Waals surface area contributed by atoms with Crippen molar-refractivity contribution in [2.75, 3.05) is 6.61 Å². The minimum Gasteiger partial charge on any atom is -0.508 e. The first-order valence-corrected chi connectivity index (χ1v) is 6.97. The summed E-state index contributed by atoms with van der Waals surface area (Å²) in [5.41, 5.74) is 6.84. The molecule has 6 nitrogen and oxygen atoms in total. The monoisotopic (exact) mass is 349 g/mol. The molecule has 1 unspecified atom stereocenters. The third kappa shape index (κ3) is 2.64. The van der Waals surface area contributed by atoms with E-state index in [2.05, 4.69) is 20.9 Å². The summed E-state index contributed by atoms with van der Waals surface area (Å²) in [5, 5.41) is 16.9. The normalized spacial score (nSPS) is 15.6. The van der Waals surface area contributed by atoms with Crippen molar-refractivity contribution >= 4 is 22.0 Å². The maximum absolute atomic E-state index is 9.70. The predicted octanol–water partition coefficient (Wildman–Crippen LogP) is 2.70. The van der Waals surface area contributed by atoms with Crippen molar-refractivity contribution < 1.29 is 14.6 Å². The lowest BCUT2D eigenvalue weighted by Gasteiger charge is -2.27. The Kier molecular flexibility index (Phi) is 3.42. The van der Waals surface area contributed by atoms with Crippen LogP contribution in [0.1, 0.15) is 17.0 Å². The van der Waals surface area contributed by atoms with Crippen LogP contribution in [-0.4, -0.2) is 22.7 Å². The number of rotatable bonds is 2. The molecule has 108 valence electrons. The molecule has 0 amide bonds. The highest BCUT2D eigenvalue weighted by atomic mass is 79.9. The summed E-state index contributed by atoms with van der Waals surface area (Å²) in [5.74, 6) is 0.988. The Bertz CT molecular complexity index is 669. The van der Waals surface area contributed by atoms with Crippen molar-refractivity contribution in [3.05, 3.63) is 46.1 Å². The van der Waals surface area contributed by atoms with Gasteiger partial charge in [0, 0.05) is 21.8 Å². The molecule has 4 N–H and O–H groups in total. The minimum absolute atomic E-state index is 0.136. The molecule has 0 aliphatic carbocycles. The van der Waals surface area contributed by atoms with Crippen molar-refractivity contribution in [1.82, 2.24) is 4.98 Å². The van der Waals surface area contributed by atoms with Gasteiger partial charge in [0.25, 0.3) is 6.02 Å². The number of halogens is 1. The Morgan fingerprint density at radius 3 is 3.00 bits per heavy atom. The molecule has 1 aromatic heterocycles. The van der Waals surface area contributed by atoms with Crippen LogP contribution in [0.4, 0.5) is 0 Å². The van der Waals surface area contributed by atoms with Gasteiger partial charge in [0.15, 0.2) is 0 Å². The molecule has 2 aromatic rings. The second kappa shape index (κ2) is 5.25. The number of pyridine rings is 1. The molecular weight excluding hydrogens is 338 g/mol. The van der Waals surface area contributed by atoms with Crippen LogP contribution in [-0.2, 0) is 4.74 Å². The van der Waals surface area contributed by atoms with E-state index in [4.69, 9.17) is 20.6 Å². The zero-order valence-corrected chi connectivity index (χ0v) is 12.4. The molecule has 21 heavy (non-hydrogen) atoms. The summed E-state index contributed by atoms with van der Waals surface area (Å²) in [7, 11) is 0. The molecule has 7 heteroatoms. The van der Waals surface area contributed by atoms with Gasteiger partial charge >= 0.3 is 0 Å². The Balaban J connectivity index is 2.09. The third-order valence-electron chi connectivity index (χ3n) is 3.20. The first-order chi connectivity index (χ1) is 10.0. The number of ether oxygens (including phenoxy) is 2. The Hall–Kier alpha value is -2.28. The van der Waals surface area contributed by atoms with Crippen molar-refractivity contribution in [3.63, 3.8) is 0 Å². The number of hydrogen-bond acceptors (Lipinski definition) is 5. The Labute approximate surface area is 129 Å². The highest BCUT2D eigenvalue weighted by Crippen LogP contribution is 2.44. The van der Waals surface area contributed by atoms with E-state index < -0.39 is 0 Å². The van der Waals surface area contributed by atoms with Crippen LogP contribution in [0.3, 0.4) is 0 Å². The molecule has 1 aliphatic rings. The van der Waals surface area contributed by atoms with E-state index in [1.807, 2.05) is 6.07 Å². The van der Waals surface area contributed by atoms with Gasteiger partial charge in [0.1, 0.15) is 18.1 Å². The van der Waals surface area contributed by atoms with Crippen LogP contribution in [0.25, 0.3) is 0 Å². The van der Waals surface area contributed by atoms with Gasteiger partial charge in [0.05, 0.1) is 5.92 Å². The molecule has 1 atom stereocenters. The zero-order chi connectivity index (χ0) is 15.0. The van der Waals surface area contributed by atoms with Crippen LogP contribution < -0.4 is 10.5 Å². The standard InChI is InChI=1S/C14H12BrN3O3/c15-7-3-10-11(6-20-14(16)17)9-4-8(19)1-2-12(9)21-13(10)18-5-7/h1-5,11,19H,6H2,(H3,16,17). The summed E-state index contributed by atoms with van der Waals surface area (Å²) in [4.78, 5) is 4.25. The second-order valence-corrected chi connectivity index (χ2v) is 5.52. The fourth-order valence-electron chi connectivity index (χ4n) is 2.30. The molecule has 0 radical (unpaired) electrons. The number of nitrogens with one attached hydrogen (secondary N) is 1. The average Bonchev–Trinajstić information content (AvgIpc) is 2.44. The first-order valence-electron chi connectivity index (χ1n) is 6.17. The summed E-state index contributed by atoms with van der Waals surface area (Å²) >= 11 is 3.38. The van der Waals surface area contributed by atoms with E-state index in [-0.39, 0.29) is 24.3 Å². The Morgan fingerprint density at radius 2 is 2.24 bits per heavy atom. The lowest BCUT2D eigenvalue weighted by molar-refractivity contribution is 0.272. The predicted molar refractivity (Wildman–Crippen MR) is 79.8 cm³/mol. The van der Waals surface area contributed by atoms with E-state index in [1.54, 1.807) is 24.4 Å². The molecule has 3 rings (SSSR count). The number of benzene rings is 1. The molecule has 1 aliphatic heterocycles. The summed E-state index contributed by atoms with van der Waals surface area (Å²) in [6.45, 7) is 0.167. The topological polar surface area (TPSA) is 101 Å². The fraction of sp³-hybridized carbons (Fsp3) is 0.143. The van der Waals surface area contributed by atoms with Crippen LogP contribution in [0.2, 0.25) is 0 Å². The molecule has 2 heterocycles. The largest absolute Gasteiger partial charge is 0.508 e. The molecule has 0 fully saturated rings. The van der Waals surface area contributed by atoms with Crippen molar-refractivity contribution in [2.24, 2.45) is 5.73 Å². The Morgan fingerprint density at radius 1 is 1.43 bits per heavy atom. The zero-order valence-electron chi connectivity index (χ0n) is 10.8. The van der Waals surface area contributed by atoms with E-state index in [1.165, 1.54) is 0 Å². The van der Waals surface area contributed by atoms with E-state index >= 15 is 0 Å². The molecule has 0 saturated carbocycles. The highest BCUT2D eigenvalue weighted by Gasteiger charge is 2.29. The van der Waals surface area contributed by atoms with Crippen molar-refractivity contribution in [3.8, 4) is 17.4 Å². The lowest BCUT2D eigenvalue weighted by atomic mass is 9.90. The van der Waals surface area contributed by atoms with Gasteiger partial charge in [-0.15, -0.1) is 0 Å². The van der Waals surface area contributed by atoms with Crippen LogP contribution in [0, 0.1) is 5.41 Å². The third-order valence-corrected chi connectivity index (χ3v) is 3.64. The van der Waals surface area contributed by atoms with Gasteiger partial charge in [-0.05, 0) is 40.2 Å². The molecule has 0 spiro atoms. The maximum Gasteiger partial charge on any atom is 0.279 e. The summed E-state index contributed by atoms with van der Waals surface area (Å²) in [6.07, 6.45) is 1.65. The smallest absolute Gasteiger partial charge is 0.279 e. The van der Waals surface area contributed by atoms with Gasteiger partial charge in [-0.2, -0.15) is 0 Å². The first kappa shape index (κ1) is 13.7. The molecular formula is C14H12BrN3O3. The summed E-state index contributed by atoms with van der Waals surface area (Å²) < 4.78 is 11.7. The fourth-order valence-corrected chi connectivity index (χ4v) is 2.65. The van der Waals surface area contributed by atoms with Gasteiger partial charge in [-0.25, -0.2) is 4.98 Å². The minimum atomic E-state index is -0.354. The number of aromatic hydroxyl groups is 1. The SMILES string of the molecule is N=C(N)OCC1c2cc(O)ccc2Oc2ncc(Br)cc21. The van der Waals surface area contributed by atoms with Crippen molar-refractivity contribution in [2.45, 2.75) is 5.92 Å². The number of hydrogen-bond donors (Lipinski definition) is 3. The molecule has 0 bridgehead atoms. The number of fused-ring (bicyclic) bond motifs is 2. The van der Waals surface area contributed by atoms with Gasteiger partial charge in [0.2, 0.25) is 5.88 Å². The number of phenols is 1. The van der Waals surface area contributed by atoms with Gasteiger partial charge in [-0.1, -0.05) is 0 Å². The lowest BCUT2D eigenvalue weighted by Crippen LogP contribution is -2.21. The van der Waals surface area contributed by atoms with Crippen molar-refractivity contribution in [1.29, 1.82) is 5.41 Å². The number of amidine groups is 1. The second-order valence-electron chi connectivity index (χ2n) is 4.60. The molecule has 0 saturated heterocycles. The van der Waals surface area contributed by atoms with E-state index in [0.29, 0.717) is 11.6 Å².